The number of likely N-dealkylation sites (N-methyl/N-ethyl adjacent to an activating group) is 1. The molecule has 2 fully saturated rings. The van der Waals surface area contributed by atoms with Crippen molar-refractivity contribution in [3.05, 3.63) is 0 Å². The first-order chi connectivity index (χ1) is 8.45. The molecule has 0 radical (unpaired) electrons. The van der Waals surface area contributed by atoms with Gasteiger partial charge in [0.15, 0.2) is 0 Å². The van der Waals surface area contributed by atoms with E-state index in [1.54, 1.807) is 0 Å². The molecule has 2 atom stereocenters. The third kappa shape index (κ3) is 3.08. The minimum absolute atomic E-state index is 0.446. The third-order valence-corrected chi connectivity index (χ3v) is 4.88. The SMILES string of the molecule is CNC1C(N(CC(C)C)C2CC2)CCCC1(C)C. The highest BCUT2D eigenvalue weighted by Gasteiger charge is 2.44. The maximum atomic E-state index is 3.64. The van der Waals surface area contributed by atoms with E-state index < -0.39 is 0 Å². The van der Waals surface area contributed by atoms with E-state index in [4.69, 9.17) is 0 Å². The van der Waals surface area contributed by atoms with Gasteiger partial charge in [0, 0.05) is 24.7 Å². The van der Waals surface area contributed by atoms with Gasteiger partial charge in [-0.3, -0.25) is 4.90 Å². The monoisotopic (exact) mass is 252 g/mol. The van der Waals surface area contributed by atoms with Crippen LogP contribution in [-0.4, -0.2) is 36.6 Å². The van der Waals surface area contributed by atoms with E-state index in [9.17, 15) is 0 Å². The second kappa shape index (κ2) is 5.50. The lowest BCUT2D eigenvalue weighted by Crippen LogP contribution is -2.59. The summed E-state index contributed by atoms with van der Waals surface area (Å²) < 4.78 is 0. The molecule has 2 heteroatoms. The largest absolute Gasteiger partial charge is 0.315 e. The smallest absolute Gasteiger partial charge is 0.0271 e. The molecule has 106 valence electrons. The van der Waals surface area contributed by atoms with Gasteiger partial charge in [-0.1, -0.05) is 34.1 Å². The molecule has 0 aromatic carbocycles. The topological polar surface area (TPSA) is 15.3 Å². The summed E-state index contributed by atoms with van der Waals surface area (Å²) in [4.78, 5) is 2.84. The van der Waals surface area contributed by atoms with E-state index in [1.165, 1.54) is 38.6 Å². The first kappa shape index (κ1) is 14.3. The third-order valence-electron chi connectivity index (χ3n) is 4.88. The fourth-order valence-electron chi connectivity index (χ4n) is 3.93. The highest BCUT2D eigenvalue weighted by atomic mass is 15.2. The van der Waals surface area contributed by atoms with Crippen molar-refractivity contribution in [2.45, 2.75) is 77.9 Å². The molecule has 2 aliphatic carbocycles. The second-order valence-corrected chi connectivity index (χ2v) is 7.54. The summed E-state index contributed by atoms with van der Waals surface area (Å²) in [5.41, 5.74) is 0.446. The van der Waals surface area contributed by atoms with E-state index >= 15 is 0 Å². The van der Waals surface area contributed by atoms with Crippen LogP contribution in [0.3, 0.4) is 0 Å². The van der Waals surface area contributed by atoms with Crippen molar-refractivity contribution in [2.75, 3.05) is 13.6 Å². The molecule has 1 N–H and O–H groups in total. The molecule has 2 saturated carbocycles. The number of hydrogen-bond acceptors (Lipinski definition) is 2. The Balaban J connectivity index is 2.11. The maximum absolute atomic E-state index is 3.64. The van der Waals surface area contributed by atoms with Crippen molar-refractivity contribution in [3.63, 3.8) is 0 Å². The van der Waals surface area contributed by atoms with Gasteiger partial charge in [-0.05, 0) is 44.1 Å². The van der Waals surface area contributed by atoms with Crippen LogP contribution in [0.2, 0.25) is 0 Å². The molecular weight excluding hydrogens is 220 g/mol. The van der Waals surface area contributed by atoms with Crippen molar-refractivity contribution < 1.29 is 0 Å². The van der Waals surface area contributed by atoms with Gasteiger partial charge in [0.05, 0.1) is 0 Å². The lowest BCUT2D eigenvalue weighted by atomic mass is 9.70. The van der Waals surface area contributed by atoms with Gasteiger partial charge in [-0.15, -0.1) is 0 Å². The Hall–Kier alpha value is -0.0800. The Morgan fingerprint density at radius 2 is 1.89 bits per heavy atom. The zero-order chi connectivity index (χ0) is 13.3. The fraction of sp³-hybridized carbons (Fsp3) is 1.00. The maximum Gasteiger partial charge on any atom is 0.0271 e. The van der Waals surface area contributed by atoms with Gasteiger partial charge in [0.2, 0.25) is 0 Å². The minimum atomic E-state index is 0.446. The lowest BCUT2D eigenvalue weighted by Gasteiger charge is -2.49. The quantitative estimate of drug-likeness (QED) is 0.808. The van der Waals surface area contributed by atoms with Crippen LogP contribution >= 0.6 is 0 Å². The predicted molar refractivity (Wildman–Crippen MR) is 78.8 cm³/mol. The van der Waals surface area contributed by atoms with Crippen LogP contribution < -0.4 is 5.32 Å². The van der Waals surface area contributed by atoms with Crippen LogP contribution in [0.25, 0.3) is 0 Å². The molecule has 2 rings (SSSR count). The average Bonchev–Trinajstić information content (AvgIpc) is 3.07. The van der Waals surface area contributed by atoms with Crippen LogP contribution in [0, 0.1) is 11.3 Å². The van der Waals surface area contributed by atoms with E-state index in [-0.39, 0.29) is 0 Å². The molecule has 2 nitrogen and oxygen atoms in total. The van der Waals surface area contributed by atoms with E-state index in [0.717, 1.165) is 18.0 Å². The summed E-state index contributed by atoms with van der Waals surface area (Å²) in [5.74, 6) is 0.785. The van der Waals surface area contributed by atoms with Crippen LogP contribution in [0.15, 0.2) is 0 Å². The number of nitrogens with zero attached hydrogens (tertiary/aromatic N) is 1. The zero-order valence-corrected chi connectivity index (χ0v) is 13.0. The second-order valence-electron chi connectivity index (χ2n) is 7.54. The van der Waals surface area contributed by atoms with Crippen molar-refractivity contribution >= 4 is 0 Å². The Morgan fingerprint density at radius 1 is 1.22 bits per heavy atom. The highest BCUT2D eigenvalue weighted by molar-refractivity contribution is 5.01. The molecule has 0 bridgehead atoms. The van der Waals surface area contributed by atoms with Gasteiger partial charge in [0.25, 0.3) is 0 Å². The van der Waals surface area contributed by atoms with Gasteiger partial charge in [-0.25, -0.2) is 0 Å². The summed E-state index contributed by atoms with van der Waals surface area (Å²) in [7, 11) is 2.16. The molecular formula is C16H32N2. The Bertz CT molecular complexity index is 268. The van der Waals surface area contributed by atoms with Gasteiger partial charge in [0.1, 0.15) is 0 Å². The fourth-order valence-corrected chi connectivity index (χ4v) is 3.93. The molecule has 0 saturated heterocycles. The first-order valence-electron chi connectivity index (χ1n) is 7.88. The lowest BCUT2D eigenvalue weighted by molar-refractivity contribution is 0.0403. The highest BCUT2D eigenvalue weighted by Crippen LogP contribution is 2.41. The van der Waals surface area contributed by atoms with Crippen molar-refractivity contribution in [3.8, 4) is 0 Å². The molecule has 0 aromatic heterocycles. The molecule has 0 amide bonds. The summed E-state index contributed by atoms with van der Waals surface area (Å²) >= 11 is 0. The van der Waals surface area contributed by atoms with Crippen molar-refractivity contribution in [1.29, 1.82) is 0 Å². The summed E-state index contributed by atoms with van der Waals surface area (Å²) in [5, 5.41) is 3.64. The summed E-state index contributed by atoms with van der Waals surface area (Å²) in [6.45, 7) is 10.9. The summed E-state index contributed by atoms with van der Waals surface area (Å²) in [6.07, 6.45) is 7.02. The number of hydrogen-bond donors (Lipinski definition) is 1. The van der Waals surface area contributed by atoms with Crippen molar-refractivity contribution in [1.82, 2.24) is 10.2 Å². The molecule has 2 aliphatic rings. The molecule has 0 aliphatic heterocycles. The molecule has 18 heavy (non-hydrogen) atoms. The molecule has 0 heterocycles. The van der Waals surface area contributed by atoms with Crippen LogP contribution in [0.5, 0.6) is 0 Å². The molecule has 0 aromatic rings. The zero-order valence-electron chi connectivity index (χ0n) is 13.0. The molecule has 2 unspecified atom stereocenters. The van der Waals surface area contributed by atoms with E-state index in [1.807, 2.05) is 0 Å². The first-order valence-corrected chi connectivity index (χ1v) is 7.88. The standard InChI is InChI=1S/C16H32N2/c1-12(2)11-18(13-8-9-13)14-7-6-10-16(3,4)15(14)17-5/h12-15,17H,6-11H2,1-5H3. The minimum Gasteiger partial charge on any atom is -0.315 e. The number of rotatable bonds is 5. The number of nitrogens with one attached hydrogen (secondary N) is 1. The van der Waals surface area contributed by atoms with Crippen LogP contribution in [-0.2, 0) is 0 Å². The predicted octanol–water partition coefficient (Wildman–Crippen LogP) is 3.27. The Morgan fingerprint density at radius 3 is 2.39 bits per heavy atom. The van der Waals surface area contributed by atoms with Gasteiger partial charge >= 0.3 is 0 Å². The normalized spacial score (nSPS) is 32.2. The van der Waals surface area contributed by atoms with Gasteiger partial charge < -0.3 is 5.32 Å². The Labute approximate surface area is 114 Å². The van der Waals surface area contributed by atoms with E-state index in [2.05, 4.69) is 45.0 Å². The van der Waals surface area contributed by atoms with Crippen molar-refractivity contribution in [2.24, 2.45) is 11.3 Å². The van der Waals surface area contributed by atoms with Gasteiger partial charge in [-0.2, -0.15) is 0 Å². The Kier molecular flexibility index (Phi) is 4.38. The van der Waals surface area contributed by atoms with Crippen LogP contribution in [0.4, 0.5) is 0 Å². The summed E-state index contributed by atoms with van der Waals surface area (Å²) in [6, 6.07) is 2.31. The van der Waals surface area contributed by atoms with Crippen LogP contribution in [0.1, 0.15) is 59.8 Å². The molecule has 0 spiro atoms. The van der Waals surface area contributed by atoms with E-state index in [0.29, 0.717) is 11.5 Å². The average molecular weight is 252 g/mol.